The van der Waals surface area contributed by atoms with Crippen LogP contribution >= 0.6 is 0 Å². The number of imidazole rings is 1. The van der Waals surface area contributed by atoms with Crippen LogP contribution in [0.2, 0.25) is 0 Å². The fraction of sp³-hybridized carbons (Fsp3) is 0.300. The van der Waals surface area contributed by atoms with Crippen molar-refractivity contribution in [2.24, 2.45) is 7.05 Å². The lowest BCUT2D eigenvalue weighted by Gasteiger charge is -2.05. The van der Waals surface area contributed by atoms with Gasteiger partial charge in [-0.05, 0) is 17.7 Å². The average Bonchev–Trinajstić information content (AvgIpc) is 2.59. The number of alkyl halides is 1. The van der Waals surface area contributed by atoms with Gasteiger partial charge in [0.1, 0.15) is 12.8 Å². The van der Waals surface area contributed by atoms with Crippen molar-refractivity contribution in [3.63, 3.8) is 0 Å². The summed E-state index contributed by atoms with van der Waals surface area (Å²) in [5, 5.41) is 9.29. The maximum Gasteiger partial charge on any atom is 0.119 e. The lowest BCUT2D eigenvalue weighted by Crippen LogP contribution is -1.98. The van der Waals surface area contributed by atoms with Crippen LogP contribution in [0.4, 0.5) is 4.39 Å². The highest BCUT2D eigenvalue weighted by molar-refractivity contribution is 5.76. The lowest BCUT2D eigenvalue weighted by atomic mass is 10.1. The molecule has 0 spiro atoms. The molecule has 4 heteroatoms. The second-order valence-corrected chi connectivity index (χ2v) is 3.27. The summed E-state index contributed by atoms with van der Waals surface area (Å²) < 4.78 is 14.1. The van der Waals surface area contributed by atoms with E-state index in [1.54, 1.807) is 18.5 Å². The largest absolute Gasteiger partial charge is 0.386 e. The van der Waals surface area contributed by atoms with E-state index >= 15 is 0 Å². The molecule has 1 aromatic heterocycles. The molecule has 3 nitrogen and oxygen atoms in total. The van der Waals surface area contributed by atoms with Crippen LogP contribution in [0, 0.1) is 0 Å². The van der Waals surface area contributed by atoms with Crippen LogP contribution < -0.4 is 0 Å². The van der Waals surface area contributed by atoms with Gasteiger partial charge in [-0.1, -0.05) is 6.07 Å². The number of benzene rings is 1. The van der Waals surface area contributed by atoms with Gasteiger partial charge in [-0.3, -0.25) is 0 Å². The fourth-order valence-corrected chi connectivity index (χ4v) is 1.45. The van der Waals surface area contributed by atoms with E-state index in [1.165, 1.54) is 0 Å². The summed E-state index contributed by atoms with van der Waals surface area (Å²) in [5.41, 5.74) is 2.32. The van der Waals surface area contributed by atoms with E-state index in [4.69, 9.17) is 0 Å². The third-order valence-electron chi connectivity index (χ3n) is 2.28. The van der Waals surface area contributed by atoms with Crippen molar-refractivity contribution in [2.75, 3.05) is 6.67 Å². The monoisotopic (exact) mass is 194 g/mol. The highest BCUT2D eigenvalue weighted by atomic mass is 19.1. The second kappa shape index (κ2) is 3.38. The number of aromatic nitrogens is 2. The standard InChI is InChI=1S/C10H11FN2O/c1-13-6-12-8-4-7(10(14)5-11)2-3-9(8)13/h2-4,6,10,14H,5H2,1H3. The Kier molecular flexibility index (Phi) is 2.21. The van der Waals surface area contributed by atoms with E-state index in [0.717, 1.165) is 11.0 Å². The first-order valence-electron chi connectivity index (χ1n) is 4.37. The third kappa shape index (κ3) is 1.37. The summed E-state index contributed by atoms with van der Waals surface area (Å²) in [6.07, 6.45) is 0.650. The Balaban J connectivity index is 2.52. The number of aliphatic hydroxyl groups excluding tert-OH is 1. The third-order valence-corrected chi connectivity index (χ3v) is 2.28. The summed E-state index contributed by atoms with van der Waals surface area (Å²) >= 11 is 0. The molecule has 0 aliphatic heterocycles. The number of nitrogens with zero attached hydrogens (tertiary/aromatic N) is 2. The molecule has 1 unspecified atom stereocenters. The quantitative estimate of drug-likeness (QED) is 0.788. The molecule has 0 saturated carbocycles. The number of aryl methyl sites for hydroxylation is 1. The predicted molar refractivity (Wildman–Crippen MR) is 51.6 cm³/mol. The van der Waals surface area contributed by atoms with Crippen molar-refractivity contribution in [1.29, 1.82) is 0 Å². The average molecular weight is 194 g/mol. The van der Waals surface area contributed by atoms with Gasteiger partial charge in [0.2, 0.25) is 0 Å². The maximum absolute atomic E-state index is 12.2. The number of aliphatic hydroxyl groups is 1. The smallest absolute Gasteiger partial charge is 0.119 e. The Labute approximate surface area is 80.8 Å². The second-order valence-electron chi connectivity index (χ2n) is 3.27. The highest BCUT2D eigenvalue weighted by Gasteiger charge is 2.08. The summed E-state index contributed by atoms with van der Waals surface area (Å²) in [4.78, 5) is 4.12. The van der Waals surface area contributed by atoms with Crippen molar-refractivity contribution < 1.29 is 9.50 Å². The molecule has 74 valence electrons. The minimum absolute atomic E-state index is 0.568. The topological polar surface area (TPSA) is 38.0 Å². The molecule has 0 aliphatic carbocycles. The van der Waals surface area contributed by atoms with Gasteiger partial charge in [0.05, 0.1) is 17.4 Å². The molecule has 1 aromatic carbocycles. The molecular weight excluding hydrogens is 183 g/mol. The normalized spacial score (nSPS) is 13.4. The molecule has 2 aromatic rings. The molecule has 0 amide bonds. The van der Waals surface area contributed by atoms with Gasteiger partial charge in [0.15, 0.2) is 0 Å². The van der Waals surface area contributed by atoms with E-state index in [-0.39, 0.29) is 0 Å². The van der Waals surface area contributed by atoms with Crippen LogP contribution in [0.1, 0.15) is 11.7 Å². The zero-order valence-corrected chi connectivity index (χ0v) is 7.81. The Morgan fingerprint density at radius 2 is 2.36 bits per heavy atom. The SMILES string of the molecule is Cn1cnc2cc(C(O)CF)ccc21. The molecule has 1 heterocycles. The van der Waals surface area contributed by atoms with Gasteiger partial charge in [-0.2, -0.15) is 0 Å². The fourth-order valence-electron chi connectivity index (χ4n) is 1.45. The van der Waals surface area contributed by atoms with E-state index in [9.17, 15) is 9.50 Å². The molecule has 0 fully saturated rings. The van der Waals surface area contributed by atoms with Crippen LogP contribution in [-0.4, -0.2) is 21.3 Å². The number of rotatable bonds is 2. The van der Waals surface area contributed by atoms with Gasteiger partial charge < -0.3 is 9.67 Å². The lowest BCUT2D eigenvalue weighted by molar-refractivity contribution is 0.142. The van der Waals surface area contributed by atoms with Crippen molar-refractivity contribution in [1.82, 2.24) is 9.55 Å². The molecule has 14 heavy (non-hydrogen) atoms. The number of fused-ring (bicyclic) bond motifs is 1. The molecule has 1 N–H and O–H groups in total. The molecule has 0 radical (unpaired) electrons. The number of halogens is 1. The molecule has 0 aliphatic rings. The number of hydrogen-bond donors (Lipinski definition) is 1. The van der Waals surface area contributed by atoms with Crippen molar-refractivity contribution in [3.05, 3.63) is 30.1 Å². The minimum Gasteiger partial charge on any atom is -0.386 e. The van der Waals surface area contributed by atoms with Crippen LogP contribution in [-0.2, 0) is 7.05 Å². The molecular formula is C10H11FN2O. The van der Waals surface area contributed by atoms with Gasteiger partial charge in [-0.25, -0.2) is 9.37 Å². The van der Waals surface area contributed by atoms with Crippen LogP contribution in [0.15, 0.2) is 24.5 Å². The first kappa shape index (κ1) is 9.15. The zero-order valence-electron chi connectivity index (χ0n) is 7.81. The predicted octanol–water partition coefficient (Wildman–Crippen LogP) is 1.58. The Morgan fingerprint density at radius 1 is 1.57 bits per heavy atom. The van der Waals surface area contributed by atoms with Crippen LogP contribution in [0.3, 0.4) is 0 Å². The summed E-state index contributed by atoms with van der Waals surface area (Å²) in [6.45, 7) is -0.766. The van der Waals surface area contributed by atoms with Gasteiger partial charge in [0.25, 0.3) is 0 Å². The van der Waals surface area contributed by atoms with Crippen molar-refractivity contribution >= 4 is 11.0 Å². The molecule has 0 bridgehead atoms. The van der Waals surface area contributed by atoms with Crippen molar-refractivity contribution in [3.8, 4) is 0 Å². The Hall–Kier alpha value is -1.42. The van der Waals surface area contributed by atoms with E-state index in [2.05, 4.69) is 4.98 Å². The summed E-state index contributed by atoms with van der Waals surface area (Å²) in [7, 11) is 1.89. The van der Waals surface area contributed by atoms with Crippen molar-refractivity contribution in [2.45, 2.75) is 6.10 Å². The summed E-state index contributed by atoms with van der Waals surface area (Å²) in [6, 6.07) is 5.25. The Bertz CT molecular complexity index is 452. The van der Waals surface area contributed by atoms with Crippen LogP contribution in [0.5, 0.6) is 0 Å². The Morgan fingerprint density at radius 3 is 3.07 bits per heavy atom. The highest BCUT2D eigenvalue weighted by Crippen LogP contribution is 2.19. The maximum atomic E-state index is 12.2. The summed E-state index contributed by atoms with van der Waals surface area (Å²) in [5.74, 6) is 0. The van der Waals surface area contributed by atoms with Crippen LogP contribution in [0.25, 0.3) is 11.0 Å². The van der Waals surface area contributed by atoms with Gasteiger partial charge in [-0.15, -0.1) is 0 Å². The zero-order chi connectivity index (χ0) is 10.1. The van der Waals surface area contributed by atoms with Gasteiger partial charge in [0, 0.05) is 7.05 Å². The first-order valence-corrected chi connectivity index (χ1v) is 4.37. The number of hydrogen-bond acceptors (Lipinski definition) is 2. The first-order chi connectivity index (χ1) is 6.72. The molecule has 2 rings (SSSR count). The molecule has 0 saturated heterocycles. The van der Waals surface area contributed by atoms with E-state index in [0.29, 0.717) is 5.56 Å². The van der Waals surface area contributed by atoms with E-state index in [1.807, 2.05) is 17.7 Å². The van der Waals surface area contributed by atoms with E-state index < -0.39 is 12.8 Å². The van der Waals surface area contributed by atoms with Gasteiger partial charge >= 0.3 is 0 Å². The minimum atomic E-state index is -1.04. The molecule has 1 atom stereocenters.